The number of halogens is 1. The summed E-state index contributed by atoms with van der Waals surface area (Å²) < 4.78 is 4.98. The number of benzene rings is 1. The summed E-state index contributed by atoms with van der Waals surface area (Å²) in [5.41, 5.74) is 0.174. The lowest BCUT2D eigenvalue weighted by Gasteiger charge is -2.01. The number of hydrogen-bond donors (Lipinski definition) is 0. The first kappa shape index (κ1) is 9.93. The van der Waals surface area contributed by atoms with Crippen molar-refractivity contribution in [1.29, 1.82) is 0 Å². The van der Waals surface area contributed by atoms with Crippen LogP contribution < -0.4 is 5.63 Å². The van der Waals surface area contributed by atoms with Crippen LogP contribution in [-0.4, -0.2) is 11.7 Å². The van der Waals surface area contributed by atoms with Gasteiger partial charge in [-0.05, 0) is 12.1 Å². The van der Waals surface area contributed by atoms with Gasteiger partial charge in [0, 0.05) is 11.5 Å². The summed E-state index contributed by atoms with van der Waals surface area (Å²) in [6.07, 6.45) is 0. The minimum atomic E-state index is -0.475. The molecule has 3 nitrogen and oxygen atoms in total. The van der Waals surface area contributed by atoms with E-state index in [1.807, 2.05) is 0 Å². The Bertz CT molecular complexity index is 571. The lowest BCUT2D eigenvalue weighted by molar-refractivity contribution is 0.102. The highest BCUT2D eigenvalue weighted by Gasteiger charge is 2.10. The van der Waals surface area contributed by atoms with Crippen molar-refractivity contribution in [3.63, 3.8) is 0 Å². The highest BCUT2D eigenvalue weighted by atomic mass is 35.5. The van der Waals surface area contributed by atoms with Crippen LogP contribution in [0.3, 0.4) is 0 Å². The number of hydrogen-bond acceptors (Lipinski definition) is 3. The van der Waals surface area contributed by atoms with Gasteiger partial charge in [0.2, 0.25) is 0 Å². The largest absolute Gasteiger partial charge is 0.422 e. The predicted octanol–water partition coefficient (Wildman–Crippen LogP) is 2.21. The van der Waals surface area contributed by atoms with E-state index in [9.17, 15) is 9.59 Å². The molecule has 0 N–H and O–H groups in total. The summed E-state index contributed by atoms with van der Waals surface area (Å²) in [6, 6.07) is 8.02. The third-order valence-electron chi connectivity index (χ3n) is 2.07. The molecule has 0 fully saturated rings. The Morgan fingerprint density at radius 2 is 2.07 bits per heavy atom. The van der Waals surface area contributed by atoms with Crippen LogP contribution in [0.15, 0.2) is 39.5 Å². The number of carbonyl (C=O) groups excluding carboxylic acids is 1. The Hall–Kier alpha value is -1.61. The summed E-state index contributed by atoms with van der Waals surface area (Å²) in [6.45, 7) is 0. The first-order valence-electron chi connectivity index (χ1n) is 4.34. The van der Waals surface area contributed by atoms with Crippen LogP contribution in [0.4, 0.5) is 0 Å². The molecule has 0 saturated carbocycles. The summed E-state index contributed by atoms with van der Waals surface area (Å²) in [5, 5.41) is 0.713. The molecule has 0 spiro atoms. The number of rotatable bonds is 2. The normalized spacial score (nSPS) is 10.5. The SMILES string of the molecule is O=C(CCl)c1cccc2ccc(=O)oc12. The molecule has 1 aromatic carbocycles. The van der Waals surface area contributed by atoms with E-state index in [2.05, 4.69) is 0 Å². The Kier molecular flexibility index (Phi) is 2.56. The molecule has 0 aliphatic rings. The van der Waals surface area contributed by atoms with Crippen molar-refractivity contribution >= 4 is 28.4 Å². The van der Waals surface area contributed by atoms with Gasteiger partial charge in [-0.1, -0.05) is 12.1 Å². The summed E-state index contributed by atoms with van der Waals surface area (Å²) >= 11 is 5.46. The Morgan fingerprint density at radius 1 is 1.27 bits per heavy atom. The van der Waals surface area contributed by atoms with E-state index in [0.29, 0.717) is 16.5 Å². The van der Waals surface area contributed by atoms with Crippen molar-refractivity contribution in [2.24, 2.45) is 0 Å². The molecule has 2 rings (SSSR count). The van der Waals surface area contributed by atoms with Crippen LogP contribution in [0.1, 0.15) is 10.4 Å². The Balaban J connectivity index is 2.79. The van der Waals surface area contributed by atoms with Gasteiger partial charge < -0.3 is 4.42 Å². The first-order chi connectivity index (χ1) is 7.22. The van der Waals surface area contributed by atoms with Gasteiger partial charge >= 0.3 is 5.63 Å². The maximum absolute atomic E-state index is 11.4. The van der Waals surface area contributed by atoms with E-state index in [1.54, 1.807) is 24.3 Å². The van der Waals surface area contributed by atoms with Crippen molar-refractivity contribution in [2.75, 3.05) is 5.88 Å². The van der Waals surface area contributed by atoms with Gasteiger partial charge in [0.15, 0.2) is 5.78 Å². The highest BCUT2D eigenvalue weighted by molar-refractivity contribution is 6.31. The van der Waals surface area contributed by atoms with Gasteiger partial charge in [0.1, 0.15) is 5.58 Å². The van der Waals surface area contributed by atoms with Gasteiger partial charge in [-0.3, -0.25) is 4.79 Å². The van der Waals surface area contributed by atoms with Crippen molar-refractivity contribution in [1.82, 2.24) is 0 Å². The third-order valence-corrected chi connectivity index (χ3v) is 2.31. The van der Waals surface area contributed by atoms with E-state index in [4.69, 9.17) is 16.0 Å². The Morgan fingerprint density at radius 3 is 2.80 bits per heavy atom. The molecule has 0 aliphatic carbocycles. The topological polar surface area (TPSA) is 47.3 Å². The molecule has 2 aromatic rings. The summed E-state index contributed by atoms with van der Waals surface area (Å²) in [7, 11) is 0. The number of carbonyl (C=O) groups is 1. The van der Waals surface area contributed by atoms with Crippen molar-refractivity contribution in [3.8, 4) is 0 Å². The molecule has 15 heavy (non-hydrogen) atoms. The van der Waals surface area contributed by atoms with E-state index in [1.165, 1.54) is 6.07 Å². The molecule has 0 unspecified atom stereocenters. The molecule has 0 bridgehead atoms. The second-order valence-corrected chi connectivity index (χ2v) is 3.30. The van der Waals surface area contributed by atoms with Crippen molar-refractivity contribution in [3.05, 3.63) is 46.3 Å². The van der Waals surface area contributed by atoms with Crippen molar-refractivity contribution < 1.29 is 9.21 Å². The third kappa shape index (κ3) is 1.78. The predicted molar refractivity (Wildman–Crippen MR) is 57.5 cm³/mol. The van der Waals surface area contributed by atoms with E-state index in [0.717, 1.165) is 0 Å². The van der Waals surface area contributed by atoms with E-state index >= 15 is 0 Å². The fourth-order valence-electron chi connectivity index (χ4n) is 1.38. The molecule has 0 radical (unpaired) electrons. The second kappa shape index (κ2) is 3.87. The van der Waals surface area contributed by atoms with Crippen LogP contribution in [0.2, 0.25) is 0 Å². The van der Waals surface area contributed by atoms with Gasteiger partial charge in [-0.15, -0.1) is 11.6 Å². The van der Waals surface area contributed by atoms with Gasteiger partial charge in [-0.2, -0.15) is 0 Å². The quantitative estimate of drug-likeness (QED) is 0.445. The zero-order chi connectivity index (χ0) is 10.8. The molecule has 1 heterocycles. The number of alkyl halides is 1. The number of Topliss-reactive ketones (excluding diaryl/α,β-unsaturated/α-hetero) is 1. The zero-order valence-electron chi connectivity index (χ0n) is 7.70. The molecule has 0 aliphatic heterocycles. The number of ketones is 1. The molecule has 0 amide bonds. The zero-order valence-corrected chi connectivity index (χ0v) is 8.45. The van der Waals surface area contributed by atoms with E-state index in [-0.39, 0.29) is 11.7 Å². The van der Waals surface area contributed by atoms with Gasteiger partial charge in [0.25, 0.3) is 0 Å². The molecule has 76 valence electrons. The van der Waals surface area contributed by atoms with E-state index < -0.39 is 5.63 Å². The minimum Gasteiger partial charge on any atom is -0.422 e. The smallest absolute Gasteiger partial charge is 0.336 e. The molecular formula is C11H7ClO3. The van der Waals surface area contributed by atoms with Crippen LogP contribution >= 0.6 is 11.6 Å². The fourth-order valence-corrected chi connectivity index (χ4v) is 1.53. The maximum atomic E-state index is 11.4. The summed E-state index contributed by atoms with van der Waals surface area (Å²) in [4.78, 5) is 22.5. The lowest BCUT2D eigenvalue weighted by Crippen LogP contribution is -2.03. The lowest BCUT2D eigenvalue weighted by atomic mass is 10.1. The highest BCUT2D eigenvalue weighted by Crippen LogP contribution is 2.17. The van der Waals surface area contributed by atoms with Gasteiger partial charge in [0.05, 0.1) is 11.4 Å². The molecule has 1 aromatic heterocycles. The number of para-hydroxylation sites is 1. The van der Waals surface area contributed by atoms with Gasteiger partial charge in [-0.25, -0.2) is 4.79 Å². The molecule has 0 atom stereocenters. The molecule has 4 heteroatoms. The number of fused-ring (bicyclic) bond motifs is 1. The maximum Gasteiger partial charge on any atom is 0.336 e. The van der Waals surface area contributed by atoms with Crippen molar-refractivity contribution in [2.45, 2.75) is 0 Å². The standard InChI is InChI=1S/C11H7ClO3/c12-6-9(13)8-3-1-2-7-4-5-10(14)15-11(7)8/h1-5H,6H2. The van der Waals surface area contributed by atoms with Crippen LogP contribution in [0.5, 0.6) is 0 Å². The minimum absolute atomic E-state index is 0.127. The molecular weight excluding hydrogens is 216 g/mol. The first-order valence-corrected chi connectivity index (χ1v) is 4.88. The molecule has 0 saturated heterocycles. The average molecular weight is 223 g/mol. The van der Waals surface area contributed by atoms with Crippen LogP contribution in [0, 0.1) is 0 Å². The second-order valence-electron chi connectivity index (χ2n) is 3.04. The summed E-state index contributed by atoms with van der Waals surface area (Å²) in [5.74, 6) is -0.380. The monoisotopic (exact) mass is 222 g/mol. The van der Waals surface area contributed by atoms with Crippen LogP contribution in [0.25, 0.3) is 11.0 Å². The Labute approximate surface area is 90.3 Å². The average Bonchev–Trinajstić information content (AvgIpc) is 2.27. The van der Waals surface area contributed by atoms with Crippen LogP contribution in [-0.2, 0) is 0 Å². The fraction of sp³-hybridized carbons (Fsp3) is 0.0909.